The number of imidazole rings is 1. The lowest BCUT2D eigenvalue weighted by molar-refractivity contribution is -0.132. The highest BCUT2D eigenvalue weighted by molar-refractivity contribution is 6.14. The van der Waals surface area contributed by atoms with E-state index in [0.29, 0.717) is 23.2 Å². The van der Waals surface area contributed by atoms with Gasteiger partial charge >= 0.3 is 6.03 Å². The van der Waals surface area contributed by atoms with Crippen molar-refractivity contribution in [3.05, 3.63) is 48.0 Å². The van der Waals surface area contributed by atoms with Crippen molar-refractivity contribution in [1.82, 2.24) is 19.8 Å². The Morgan fingerprint density at radius 1 is 1.09 bits per heavy atom. The summed E-state index contributed by atoms with van der Waals surface area (Å²) in [5, 5.41) is 2.69. The first-order chi connectivity index (χ1) is 16.4. The van der Waals surface area contributed by atoms with Gasteiger partial charge in [-0.15, -0.1) is 0 Å². The van der Waals surface area contributed by atoms with Gasteiger partial charge in [0.2, 0.25) is 12.1 Å². The molecule has 2 bridgehead atoms. The molecule has 0 spiro atoms. The molecular weight excluding hydrogens is 432 g/mol. The number of para-hydroxylation sites is 1. The molecule has 1 aromatic carbocycles. The molecule has 34 heavy (non-hydrogen) atoms. The van der Waals surface area contributed by atoms with Crippen LogP contribution < -0.4 is 10.2 Å². The number of fused-ring (bicyclic) bond motifs is 5. The Labute approximate surface area is 198 Å². The van der Waals surface area contributed by atoms with E-state index >= 15 is 0 Å². The van der Waals surface area contributed by atoms with Gasteiger partial charge in [0.05, 0.1) is 5.69 Å². The second-order valence-electron chi connectivity index (χ2n) is 9.62. The number of aryl methyl sites for hydroxylation is 1. The molecule has 4 heterocycles. The van der Waals surface area contributed by atoms with Crippen LogP contribution >= 0.6 is 0 Å². The third-order valence-corrected chi connectivity index (χ3v) is 7.29. The number of carbonyl (C=O) groups is 3. The number of amides is 3. The zero-order valence-corrected chi connectivity index (χ0v) is 19.6. The predicted octanol–water partition coefficient (Wildman–Crippen LogP) is 2.58. The SMILES string of the molecule is CC1=N[C@H](NC(=O)n2ccnc2)C(=O)N(CC(=O)N2CC3CCC(CC3)C2)c2c(C)cccc21. The van der Waals surface area contributed by atoms with E-state index in [-0.39, 0.29) is 12.5 Å². The average Bonchev–Trinajstić information content (AvgIpc) is 3.16. The summed E-state index contributed by atoms with van der Waals surface area (Å²) in [6, 6.07) is 5.23. The number of benzene rings is 1. The highest BCUT2D eigenvalue weighted by atomic mass is 16.2. The van der Waals surface area contributed by atoms with Gasteiger partial charge in [0.25, 0.3) is 5.91 Å². The Morgan fingerprint density at radius 3 is 2.44 bits per heavy atom. The van der Waals surface area contributed by atoms with E-state index in [1.165, 1.54) is 53.9 Å². The molecule has 3 aliphatic heterocycles. The number of nitrogens with zero attached hydrogens (tertiary/aromatic N) is 5. The summed E-state index contributed by atoms with van der Waals surface area (Å²) in [6.45, 7) is 5.19. The van der Waals surface area contributed by atoms with Crippen molar-refractivity contribution in [2.75, 3.05) is 24.5 Å². The molecule has 9 nitrogen and oxygen atoms in total. The molecule has 1 aliphatic carbocycles. The fraction of sp³-hybridized carbons (Fsp3) is 0.480. The van der Waals surface area contributed by atoms with Crippen LogP contribution in [-0.4, -0.2) is 63.8 Å². The van der Waals surface area contributed by atoms with E-state index in [1.807, 2.05) is 36.9 Å². The smallest absolute Gasteiger partial charge is 0.328 e. The number of aliphatic imine (C=N–C) groups is 1. The van der Waals surface area contributed by atoms with Crippen LogP contribution in [0, 0.1) is 18.8 Å². The molecule has 3 amide bonds. The monoisotopic (exact) mass is 462 g/mol. The Morgan fingerprint density at radius 2 is 1.79 bits per heavy atom. The van der Waals surface area contributed by atoms with Crippen LogP contribution in [-0.2, 0) is 9.59 Å². The maximum atomic E-state index is 13.7. The van der Waals surface area contributed by atoms with Gasteiger partial charge in [-0.25, -0.2) is 9.78 Å². The lowest BCUT2D eigenvalue weighted by atomic mass is 9.84. The van der Waals surface area contributed by atoms with E-state index < -0.39 is 18.1 Å². The molecule has 0 unspecified atom stereocenters. The maximum Gasteiger partial charge on any atom is 0.328 e. The number of anilines is 1. The largest absolute Gasteiger partial charge is 0.341 e. The zero-order valence-electron chi connectivity index (χ0n) is 19.6. The van der Waals surface area contributed by atoms with E-state index in [2.05, 4.69) is 15.3 Å². The van der Waals surface area contributed by atoms with Gasteiger partial charge in [-0.1, -0.05) is 18.2 Å². The van der Waals surface area contributed by atoms with Gasteiger partial charge in [0.15, 0.2) is 0 Å². The first-order valence-electron chi connectivity index (χ1n) is 11.9. The minimum atomic E-state index is -1.14. The third-order valence-electron chi connectivity index (χ3n) is 7.29. The second kappa shape index (κ2) is 9.04. The number of carbonyl (C=O) groups excluding carboxylic acids is 3. The molecule has 3 fully saturated rings. The summed E-state index contributed by atoms with van der Waals surface area (Å²) in [5.41, 5.74) is 2.98. The zero-order chi connectivity index (χ0) is 23.8. The number of rotatable bonds is 3. The summed E-state index contributed by atoms with van der Waals surface area (Å²) in [7, 11) is 0. The van der Waals surface area contributed by atoms with Gasteiger partial charge in [-0.05, 0) is 56.9 Å². The van der Waals surface area contributed by atoms with Gasteiger partial charge in [0.1, 0.15) is 12.9 Å². The van der Waals surface area contributed by atoms with Crippen molar-refractivity contribution < 1.29 is 14.4 Å². The first kappa shape index (κ1) is 22.3. The van der Waals surface area contributed by atoms with Gasteiger partial charge in [-0.3, -0.25) is 24.0 Å². The summed E-state index contributed by atoms with van der Waals surface area (Å²) in [6.07, 6.45) is 7.91. The third kappa shape index (κ3) is 4.22. The second-order valence-corrected chi connectivity index (χ2v) is 9.62. The highest BCUT2D eigenvalue weighted by Gasteiger charge is 2.37. The molecule has 4 aliphatic rings. The molecule has 2 saturated heterocycles. The number of aromatic nitrogens is 2. The number of hydrogen-bond acceptors (Lipinski definition) is 5. The van der Waals surface area contributed by atoms with Crippen molar-refractivity contribution in [3.8, 4) is 0 Å². The molecular formula is C25H30N6O3. The standard InChI is InChI=1S/C25H30N6O3/c1-16-4-3-5-20-17(2)27-23(28-25(34)29-11-10-26-15-29)24(33)31(22(16)20)14-21(32)30-12-18-6-7-19(13-30)9-8-18/h3-5,10-11,15,18-19,23H,6-9,12-14H2,1-2H3,(H,28,34)/t18?,19?,23-/m1/s1. The lowest BCUT2D eigenvalue weighted by Gasteiger charge is -2.30. The summed E-state index contributed by atoms with van der Waals surface area (Å²) in [5.74, 6) is 0.612. The first-order valence-corrected chi connectivity index (χ1v) is 11.9. The minimum absolute atomic E-state index is 0.0550. The summed E-state index contributed by atoms with van der Waals surface area (Å²) < 4.78 is 1.25. The van der Waals surface area contributed by atoms with Crippen molar-refractivity contribution >= 4 is 29.2 Å². The van der Waals surface area contributed by atoms with Crippen LogP contribution in [0.2, 0.25) is 0 Å². The van der Waals surface area contributed by atoms with E-state index in [0.717, 1.165) is 24.2 Å². The topological polar surface area (TPSA) is 99.9 Å². The normalized spacial score (nSPS) is 24.2. The fourth-order valence-corrected chi connectivity index (χ4v) is 5.44. The number of nitrogens with one attached hydrogen (secondary N) is 1. The molecule has 1 atom stereocenters. The lowest BCUT2D eigenvalue weighted by Crippen LogP contribution is -2.51. The molecule has 1 aromatic heterocycles. The van der Waals surface area contributed by atoms with Crippen molar-refractivity contribution in [1.29, 1.82) is 0 Å². The van der Waals surface area contributed by atoms with Gasteiger partial charge < -0.3 is 10.2 Å². The van der Waals surface area contributed by atoms with Crippen LogP contribution in [0.15, 0.2) is 41.9 Å². The predicted molar refractivity (Wildman–Crippen MR) is 128 cm³/mol. The molecule has 9 heteroatoms. The number of hydrogen-bond donors (Lipinski definition) is 1. The Balaban J connectivity index is 1.45. The molecule has 178 valence electrons. The van der Waals surface area contributed by atoms with Crippen molar-refractivity contribution in [2.45, 2.75) is 45.7 Å². The van der Waals surface area contributed by atoms with Crippen molar-refractivity contribution in [3.63, 3.8) is 0 Å². The van der Waals surface area contributed by atoms with Crippen LogP contribution in [0.5, 0.6) is 0 Å². The van der Waals surface area contributed by atoms with Crippen molar-refractivity contribution in [2.24, 2.45) is 16.8 Å². The van der Waals surface area contributed by atoms with Gasteiger partial charge in [0, 0.05) is 36.8 Å². The quantitative estimate of drug-likeness (QED) is 0.758. The molecule has 6 rings (SSSR count). The average molecular weight is 463 g/mol. The summed E-state index contributed by atoms with van der Waals surface area (Å²) in [4.78, 5) is 51.8. The molecule has 1 N–H and O–H groups in total. The van der Waals surface area contributed by atoms with E-state index in [1.54, 1.807) is 0 Å². The molecule has 1 saturated carbocycles. The summed E-state index contributed by atoms with van der Waals surface area (Å²) >= 11 is 0. The Hall–Kier alpha value is -3.49. The number of benzodiazepines with no additional fused rings is 1. The molecule has 2 aromatic rings. The highest BCUT2D eigenvalue weighted by Crippen LogP contribution is 2.34. The van der Waals surface area contributed by atoms with Crippen LogP contribution in [0.1, 0.15) is 43.7 Å². The molecule has 0 radical (unpaired) electrons. The van der Waals surface area contributed by atoms with Crippen LogP contribution in [0.3, 0.4) is 0 Å². The Kier molecular flexibility index (Phi) is 5.93. The minimum Gasteiger partial charge on any atom is -0.341 e. The fourth-order valence-electron chi connectivity index (χ4n) is 5.44. The van der Waals surface area contributed by atoms with Crippen LogP contribution in [0.25, 0.3) is 0 Å². The van der Waals surface area contributed by atoms with Gasteiger partial charge in [-0.2, -0.15) is 0 Å². The Bertz CT molecular complexity index is 1120. The van der Waals surface area contributed by atoms with E-state index in [4.69, 9.17) is 0 Å². The van der Waals surface area contributed by atoms with E-state index in [9.17, 15) is 14.4 Å². The van der Waals surface area contributed by atoms with Crippen LogP contribution in [0.4, 0.5) is 10.5 Å². The maximum absolute atomic E-state index is 13.7.